The number of hydrogen-bond donors (Lipinski definition) is 1. The largest absolute Gasteiger partial charge is 0.326 e. The standard InChI is InChI=1S/C18H19BrN2O3/c19-12-5-3-6-13(11-12)20-16(22)9-4-10-21-17(23)14-7-1-2-8-15(14)18(21)24/h1-3,5-6,11,14-15H,4,7-10H2,(H,20,22)/t14-,15+. The van der Waals surface area contributed by atoms with Gasteiger partial charge in [0, 0.05) is 23.1 Å². The van der Waals surface area contributed by atoms with Crippen LogP contribution in [0.25, 0.3) is 0 Å². The van der Waals surface area contributed by atoms with E-state index in [1.807, 2.05) is 36.4 Å². The van der Waals surface area contributed by atoms with E-state index in [9.17, 15) is 14.4 Å². The van der Waals surface area contributed by atoms with E-state index >= 15 is 0 Å². The number of amides is 3. The van der Waals surface area contributed by atoms with E-state index in [-0.39, 0.29) is 36.0 Å². The first-order chi connectivity index (χ1) is 11.6. The molecule has 1 aromatic rings. The monoisotopic (exact) mass is 390 g/mol. The minimum absolute atomic E-state index is 0.0817. The molecule has 0 spiro atoms. The number of allylic oxidation sites excluding steroid dienone is 2. The van der Waals surface area contributed by atoms with Gasteiger partial charge in [0.25, 0.3) is 0 Å². The van der Waals surface area contributed by atoms with Crippen molar-refractivity contribution in [2.45, 2.75) is 25.7 Å². The maximum Gasteiger partial charge on any atom is 0.233 e. The van der Waals surface area contributed by atoms with Crippen LogP contribution in [0.2, 0.25) is 0 Å². The van der Waals surface area contributed by atoms with Crippen LogP contribution in [0.5, 0.6) is 0 Å². The van der Waals surface area contributed by atoms with Crippen molar-refractivity contribution >= 4 is 39.3 Å². The predicted molar refractivity (Wildman–Crippen MR) is 94.1 cm³/mol. The molecule has 0 unspecified atom stereocenters. The second-order valence-electron chi connectivity index (χ2n) is 6.15. The molecule has 126 valence electrons. The number of likely N-dealkylation sites (tertiary alicyclic amines) is 1. The van der Waals surface area contributed by atoms with Crippen LogP contribution in [0.15, 0.2) is 40.9 Å². The highest BCUT2D eigenvalue weighted by molar-refractivity contribution is 9.10. The summed E-state index contributed by atoms with van der Waals surface area (Å²) in [5.74, 6) is -0.675. The number of benzene rings is 1. The molecule has 0 aromatic heterocycles. The quantitative estimate of drug-likeness (QED) is 0.620. The fourth-order valence-corrected chi connectivity index (χ4v) is 3.68. The summed E-state index contributed by atoms with van der Waals surface area (Å²) in [5.41, 5.74) is 0.722. The molecule has 0 bridgehead atoms. The topological polar surface area (TPSA) is 66.5 Å². The number of anilines is 1. The molecule has 1 aromatic carbocycles. The maximum atomic E-state index is 12.3. The van der Waals surface area contributed by atoms with E-state index in [1.54, 1.807) is 0 Å². The minimum atomic E-state index is -0.196. The highest BCUT2D eigenvalue weighted by Gasteiger charge is 2.46. The number of carbonyl (C=O) groups excluding carboxylic acids is 3. The molecule has 0 radical (unpaired) electrons. The number of rotatable bonds is 5. The third-order valence-electron chi connectivity index (χ3n) is 4.49. The van der Waals surface area contributed by atoms with E-state index in [0.717, 1.165) is 10.2 Å². The van der Waals surface area contributed by atoms with Gasteiger partial charge in [-0.15, -0.1) is 0 Å². The van der Waals surface area contributed by atoms with Gasteiger partial charge >= 0.3 is 0 Å². The molecule has 1 heterocycles. The van der Waals surface area contributed by atoms with Gasteiger partial charge in [-0.05, 0) is 37.5 Å². The van der Waals surface area contributed by atoms with Crippen molar-refractivity contribution in [3.05, 3.63) is 40.9 Å². The normalized spacial score (nSPS) is 22.6. The Labute approximate surface area is 149 Å². The molecular formula is C18H19BrN2O3. The number of carbonyl (C=O) groups is 3. The van der Waals surface area contributed by atoms with Crippen LogP contribution < -0.4 is 5.32 Å². The number of imide groups is 1. The van der Waals surface area contributed by atoms with Crippen LogP contribution in [0.4, 0.5) is 5.69 Å². The van der Waals surface area contributed by atoms with E-state index < -0.39 is 0 Å². The van der Waals surface area contributed by atoms with Gasteiger partial charge in [0.15, 0.2) is 0 Å². The number of halogens is 1. The van der Waals surface area contributed by atoms with Crippen LogP contribution in [-0.2, 0) is 14.4 Å². The molecular weight excluding hydrogens is 372 g/mol. The summed E-state index contributed by atoms with van der Waals surface area (Å²) in [6.45, 7) is 0.316. The Bertz CT molecular complexity index is 675. The lowest BCUT2D eigenvalue weighted by atomic mass is 9.85. The molecule has 1 N–H and O–H groups in total. The maximum absolute atomic E-state index is 12.3. The van der Waals surface area contributed by atoms with E-state index in [2.05, 4.69) is 21.2 Å². The first-order valence-corrected chi connectivity index (χ1v) is 8.91. The fourth-order valence-electron chi connectivity index (χ4n) is 3.28. The second kappa shape index (κ2) is 7.30. The average molecular weight is 391 g/mol. The summed E-state index contributed by atoms with van der Waals surface area (Å²) >= 11 is 3.35. The smallest absolute Gasteiger partial charge is 0.233 e. The Hall–Kier alpha value is -1.95. The van der Waals surface area contributed by atoms with Crippen LogP contribution >= 0.6 is 15.9 Å². The Morgan fingerprint density at radius 3 is 2.46 bits per heavy atom. The minimum Gasteiger partial charge on any atom is -0.326 e. The Morgan fingerprint density at radius 2 is 1.83 bits per heavy atom. The zero-order chi connectivity index (χ0) is 17.1. The van der Waals surface area contributed by atoms with Crippen LogP contribution in [-0.4, -0.2) is 29.2 Å². The summed E-state index contributed by atoms with van der Waals surface area (Å²) in [4.78, 5) is 38.0. The van der Waals surface area contributed by atoms with Crippen molar-refractivity contribution in [3.63, 3.8) is 0 Å². The van der Waals surface area contributed by atoms with E-state index in [4.69, 9.17) is 0 Å². The predicted octanol–water partition coefficient (Wildman–Crippen LogP) is 3.12. The highest BCUT2D eigenvalue weighted by atomic mass is 79.9. The van der Waals surface area contributed by atoms with Gasteiger partial charge in [0.05, 0.1) is 11.8 Å². The first-order valence-electron chi connectivity index (χ1n) is 8.12. The number of hydrogen-bond acceptors (Lipinski definition) is 3. The van der Waals surface area contributed by atoms with Crippen molar-refractivity contribution in [1.29, 1.82) is 0 Å². The van der Waals surface area contributed by atoms with Crippen molar-refractivity contribution in [2.24, 2.45) is 11.8 Å². The number of fused-ring (bicyclic) bond motifs is 1. The Morgan fingerprint density at radius 1 is 1.17 bits per heavy atom. The van der Waals surface area contributed by atoms with Crippen LogP contribution in [0, 0.1) is 11.8 Å². The van der Waals surface area contributed by atoms with Crippen LogP contribution in [0.3, 0.4) is 0 Å². The molecule has 1 saturated heterocycles. The van der Waals surface area contributed by atoms with Gasteiger partial charge in [-0.2, -0.15) is 0 Å². The molecule has 1 aliphatic heterocycles. The summed E-state index contributed by atoms with van der Waals surface area (Å²) < 4.78 is 0.893. The average Bonchev–Trinajstić information content (AvgIpc) is 2.80. The molecule has 3 amide bonds. The second-order valence-corrected chi connectivity index (χ2v) is 7.06. The molecule has 0 saturated carbocycles. The van der Waals surface area contributed by atoms with Gasteiger partial charge < -0.3 is 5.32 Å². The fraction of sp³-hybridized carbons (Fsp3) is 0.389. The summed E-state index contributed by atoms with van der Waals surface area (Å²) in [7, 11) is 0. The number of nitrogens with one attached hydrogen (secondary N) is 1. The van der Waals surface area contributed by atoms with Gasteiger partial charge in [-0.3, -0.25) is 19.3 Å². The van der Waals surface area contributed by atoms with Crippen molar-refractivity contribution in [3.8, 4) is 0 Å². The molecule has 2 aliphatic rings. The van der Waals surface area contributed by atoms with Crippen molar-refractivity contribution in [2.75, 3.05) is 11.9 Å². The third kappa shape index (κ3) is 3.59. The van der Waals surface area contributed by atoms with Gasteiger partial charge in [-0.25, -0.2) is 0 Å². The van der Waals surface area contributed by atoms with E-state index in [1.165, 1.54) is 4.90 Å². The van der Waals surface area contributed by atoms with Crippen molar-refractivity contribution in [1.82, 2.24) is 4.90 Å². The SMILES string of the molecule is O=C(CCCN1C(=O)[C@H]2CC=CC[C@H]2C1=O)Nc1cccc(Br)c1. The third-order valence-corrected chi connectivity index (χ3v) is 4.99. The van der Waals surface area contributed by atoms with Gasteiger partial charge in [-0.1, -0.05) is 34.1 Å². The first kappa shape index (κ1) is 16.9. The molecule has 1 aliphatic carbocycles. The summed E-state index contributed by atoms with van der Waals surface area (Å²) in [5, 5.41) is 2.81. The molecule has 2 atom stereocenters. The lowest BCUT2D eigenvalue weighted by Crippen LogP contribution is -2.32. The summed E-state index contributed by atoms with van der Waals surface area (Å²) in [6.07, 6.45) is 5.99. The zero-order valence-corrected chi connectivity index (χ0v) is 14.8. The Balaban J connectivity index is 1.49. The van der Waals surface area contributed by atoms with Crippen LogP contribution in [0.1, 0.15) is 25.7 Å². The van der Waals surface area contributed by atoms with E-state index in [0.29, 0.717) is 25.8 Å². The summed E-state index contributed by atoms with van der Waals surface area (Å²) in [6, 6.07) is 7.36. The lowest BCUT2D eigenvalue weighted by Gasteiger charge is -2.14. The number of nitrogens with zero attached hydrogens (tertiary/aromatic N) is 1. The van der Waals surface area contributed by atoms with Gasteiger partial charge in [0.2, 0.25) is 17.7 Å². The lowest BCUT2D eigenvalue weighted by molar-refractivity contribution is -0.140. The highest BCUT2D eigenvalue weighted by Crippen LogP contribution is 2.35. The zero-order valence-electron chi connectivity index (χ0n) is 13.2. The van der Waals surface area contributed by atoms with Gasteiger partial charge in [0.1, 0.15) is 0 Å². The molecule has 6 heteroatoms. The molecule has 5 nitrogen and oxygen atoms in total. The molecule has 3 rings (SSSR count). The Kier molecular flexibility index (Phi) is 5.14. The molecule has 24 heavy (non-hydrogen) atoms. The van der Waals surface area contributed by atoms with Crippen molar-refractivity contribution < 1.29 is 14.4 Å². The molecule has 1 fully saturated rings.